The second-order valence-electron chi connectivity index (χ2n) is 3.78. The molecule has 0 bridgehead atoms. The van der Waals surface area contributed by atoms with E-state index in [9.17, 15) is 9.59 Å². The first-order valence-electron chi connectivity index (χ1n) is 5.61. The van der Waals surface area contributed by atoms with Crippen LogP contribution in [0, 0.1) is 0 Å². The monoisotopic (exact) mass is 213 g/mol. The molecule has 0 saturated carbocycles. The molecule has 1 aliphatic rings. The van der Waals surface area contributed by atoms with Gasteiger partial charge in [-0.2, -0.15) is 0 Å². The van der Waals surface area contributed by atoms with Crippen molar-refractivity contribution in [2.45, 2.75) is 32.6 Å². The van der Waals surface area contributed by atoms with Crippen LogP contribution in [-0.2, 0) is 14.3 Å². The van der Waals surface area contributed by atoms with Gasteiger partial charge < -0.3 is 9.64 Å². The topological polar surface area (TPSA) is 46.6 Å². The van der Waals surface area contributed by atoms with Gasteiger partial charge in [-0.15, -0.1) is 0 Å². The predicted molar refractivity (Wildman–Crippen MR) is 56.5 cm³/mol. The summed E-state index contributed by atoms with van der Waals surface area (Å²) in [5.41, 5.74) is 0. The molecule has 0 radical (unpaired) electrons. The van der Waals surface area contributed by atoms with Gasteiger partial charge in [-0.05, 0) is 6.42 Å². The van der Waals surface area contributed by atoms with Gasteiger partial charge in [0.1, 0.15) is 5.78 Å². The van der Waals surface area contributed by atoms with E-state index in [1.165, 1.54) is 0 Å². The van der Waals surface area contributed by atoms with Gasteiger partial charge in [0.25, 0.3) is 0 Å². The van der Waals surface area contributed by atoms with E-state index in [2.05, 4.69) is 0 Å². The highest BCUT2D eigenvalue weighted by Crippen LogP contribution is 2.07. The van der Waals surface area contributed by atoms with Crippen LogP contribution in [0.15, 0.2) is 0 Å². The lowest BCUT2D eigenvalue weighted by Gasteiger charge is -2.25. The van der Waals surface area contributed by atoms with Crippen LogP contribution in [0.1, 0.15) is 32.6 Å². The van der Waals surface area contributed by atoms with E-state index in [0.717, 1.165) is 6.42 Å². The summed E-state index contributed by atoms with van der Waals surface area (Å²) in [6.07, 6.45) is 2.45. The average Bonchev–Trinajstić information content (AvgIpc) is 2.25. The molecule has 4 heteroatoms. The number of hydrogen-bond donors (Lipinski definition) is 0. The van der Waals surface area contributed by atoms with Gasteiger partial charge in [0.2, 0.25) is 5.91 Å². The van der Waals surface area contributed by atoms with Crippen LogP contribution in [-0.4, -0.2) is 42.9 Å². The Hall–Kier alpha value is -0.900. The molecule has 0 N–H and O–H groups in total. The molecule has 15 heavy (non-hydrogen) atoms. The second kappa shape index (κ2) is 6.56. The summed E-state index contributed by atoms with van der Waals surface area (Å²) in [5.74, 6) is 0.375. The molecular formula is C11H19NO3. The highest BCUT2D eigenvalue weighted by Gasteiger charge is 2.19. The molecule has 1 rings (SSSR count). The fourth-order valence-corrected chi connectivity index (χ4v) is 1.57. The van der Waals surface area contributed by atoms with Crippen LogP contribution in [0.3, 0.4) is 0 Å². The fourth-order valence-electron chi connectivity index (χ4n) is 1.57. The van der Waals surface area contributed by atoms with E-state index >= 15 is 0 Å². The van der Waals surface area contributed by atoms with E-state index in [-0.39, 0.29) is 11.7 Å². The van der Waals surface area contributed by atoms with Crippen molar-refractivity contribution in [3.8, 4) is 0 Å². The van der Waals surface area contributed by atoms with Crippen molar-refractivity contribution in [2.75, 3.05) is 26.3 Å². The van der Waals surface area contributed by atoms with Crippen molar-refractivity contribution in [3.63, 3.8) is 0 Å². The average molecular weight is 213 g/mol. The number of piperidine rings is 1. The van der Waals surface area contributed by atoms with Crippen molar-refractivity contribution in [1.82, 2.24) is 4.90 Å². The van der Waals surface area contributed by atoms with Gasteiger partial charge in [0, 0.05) is 32.5 Å². The van der Waals surface area contributed by atoms with E-state index < -0.39 is 0 Å². The van der Waals surface area contributed by atoms with Crippen molar-refractivity contribution < 1.29 is 14.3 Å². The van der Waals surface area contributed by atoms with Crippen LogP contribution in [0.5, 0.6) is 0 Å². The maximum absolute atomic E-state index is 11.6. The zero-order valence-electron chi connectivity index (χ0n) is 9.33. The van der Waals surface area contributed by atoms with E-state index in [0.29, 0.717) is 45.6 Å². The summed E-state index contributed by atoms with van der Waals surface area (Å²) in [7, 11) is 0. The van der Waals surface area contributed by atoms with E-state index in [1.54, 1.807) is 4.90 Å². The molecule has 0 unspecified atom stereocenters. The third-order valence-electron chi connectivity index (χ3n) is 2.48. The Morgan fingerprint density at radius 3 is 2.60 bits per heavy atom. The number of rotatable bonds is 5. The SMILES string of the molecule is CCCOCCC(=O)N1CCC(=O)CC1. The summed E-state index contributed by atoms with van der Waals surface area (Å²) in [4.78, 5) is 24.3. The minimum absolute atomic E-state index is 0.110. The van der Waals surface area contributed by atoms with Gasteiger partial charge in [0.05, 0.1) is 13.0 Å². The normalized spacial score (nSPS) is 16.9. The molecule has 0 aliphatic carbocycles. The largest absolute Gasteiger partial charge is 0.381 e. The van der Waals surface area contributed by atoms with Crippen molar-refractivity contribution >= 4 is 11.7 Å². The number of ether oxygens (including phenoxy) is 1. The Labute approximate surface area is 90.6 Å². The lowest BCUT2D eigenvalue weighted by atomic mass is 10.1. The van der Waals surface area contributed by atoms with Gasteiger partial charge >= 0.3 is 0 Å². The molecule has 86 valence electrons. The van der Waals surface area contributed by atoms with Gasteiger partial charge in [-0.3, -0.25) is 9.59 Å². The lowest BCUT2D eigenvalue weighted by Crippen LogP contribution is -2.38. The van der Waals surface area contributed by atoms with Crippen molar-refractivity contribution in [1.29, 1.82) is 0 Å². The molecule has 1 fully saturated rings. The van der Waals surface area contributed by atoms with Crippen molar-refractivity contribution in [3.05, 3.63) is 0 Å². The molecule has 0 atom stereocenters. The molecule has 1 aliphatic heterocycles. The number of likely N-dealkylation sites (tertiary alicyclic amines) is 1. The number of carbonyl (C=O) groups excluding carboxylic acids is 2. The Kier molecular flexibility index (Phi) is 5.32. The minimum Gasteiger partial charge on any atom is -0.381 e. The van der Waals surface area contributed by atoms with Gasteiger partial charge in [-0.25, -0.2) is 0 Å². The van der Waals surface area contributed by atoms with Crippen LogP contribution in [0.4, 0.5) is 0 Å². The smallest absolute Gasteiger partial charge is 0.224 e. The Morgan fingerprint density at radius 1 is 1.33 bits per heavy atom. The number of ketones is 1. The predicted octanol–water partition coefficient (Wildman–Crippen LogP) is 0.995. The zero-order chi connectivity index (χ0) is 11.1. The summed E-state index contributed by atoms with van der Waals surface area (Å²) in [5, 5.41) is 0. The number of Topliss-reactive ketones (excluding diaryl/α,β-unsaturated/α-hetero) is 1. The first kappa shape index (κ1) is 12.2. The summed E-state index contributed by atoms with van der Waals surface area (Å²) < 4.78 is 5.25. The number of carbonyl (C=O) groups is 2. The van der Waals surface area contributed by atoms with E-state index in [4.69, 9.17) is 4.74 Å². The highest BCUT2D eigenvalue weighted by molar-refractivity contribution is 5.83. The first-order valence-corrected chi connectivity index (χ1v) is 5.61. The van der Waals surface area contributed by atoms with Crippen molar-refractivity contribution in [2.24, 2.45) is 0 Å². The molecule has 1 saturated heterocycles. The first-order chi connectivity index (χ1) is 7.24. The summed E-state index contributed by atoms with van der Waals surface area (Å²) in [6.45, 7) is 4.43. The Balaban J connectivity index is 2.14. The highest BCUT2D eigenvalue weighted by atomic mass is 16.5. The van der Waals surface area contributed by atoms with Gasteiger partial charge in [-0.1, -0.05) is 6.92 Å². The molecular weight excluding hydrogens is 194 g/mol. The standard InChI is InChI=1S/C11H19NO3/c1-2-8-15-9-5-11(14)12-6-3-10(13)4-7-12/h2-9H2,1H3. The second-order valence-corrected chi connectivity index (χ2v) is 3.78. The third-order valence-corrected chi connectivity index (χ3v) is 2.48. The van der Waals surface area contributed by atoms with Crippen LogP contribution >= 0.6 is 0 Å². The number of nitrogens with zero attached hydrogens (tertiary/aromatic N) is 1. The summed E-state index contributed by atoms with van der Waals surface area (Å²) in [6, 6.07) is 0. The molecule has 0 aromatic heterocycles. The zero-order valence-corrected chi connectivity index (χ0v) is 9.33. The molecule has 0 aromatic rings. The molecule has 0 aromatic carbocycles. The maximum Gasteiger partial charge on any atom is 0.224 e. The molecule has 4 nitrogen and oxygen atoms in total. The Morgan fingerprint density at radius 2 is 2.00 bits per heavy atom. The quantitative estimate of drug-likeness (QED) is 0.640. The third kappa shape index (κ3) is 4.42. The molecule has 0 spiro atoms. The molecule has 1 amide bonds. The number of amides is 1. The molecule has 1 heterocycles. The summed E-state index contributed by atoms with van der Waals surface area (Å²) >= 11 is 0. The number of hydrogen-bond acceptors (Lipinski definition) is 3. The van der Waals surface area contributed by atoms with Crippen LogP contribution in [0.2, 0.25) is 0 Å². The van der Waals surface area contributed by atoms with Gasteiger partial charge in [0.15, 0.2) is 0 Å². The van der Waals surface area contributed by atoms with E-state index in [1.807, 2.05) is 6.92 Å². The Bertz CT molecular complexity index is 218. The fraction of sp³-hybridized carbons (Fsp3) is 0.818. The maximum atomic E-state index is 11.6. The van der Waals surface area contributed by atoms with Crippen LogP contribution in [0.25, 0.3) is 0 Å². The van der Waals surface area contributed by atoms with Crippen LogP contribution < -0.4 is 0 Å². The minimum atomic E-state index is 0.110. The lowest BCUT2D eigenvalue weighted by molar-refractivity contribution is -0.135.